The summed E-state index contributed by atoms with van der Waals surface area (Å²) >= 11 is 0. The molecule has 0 saturated heterocycles. The summed E-state index contributed by atoms with van der Waals surface area (Å²) in [5.41, 5.74) is -1.09. The van der Waals surface area contributed by atoms with Crippen LogP contribution in [-0.2, 0) is 23.9 Å². The monoisotopic (exact) mass is 325 g/mol. The molecule has 2 saturated carbocycles. The van der Waals surface area contributed by atoms with Crippen LogP contribution in [0, 0.1) is 17.8 Å². The van der Waals surface area contributed by atoms with Crippen molar-refractivity contribution < 1.29 is 29.0 Å². The van der Waals surface area contributed by atoms with Crippen LogP contribution in [0.1, 0.15) is 26.2 Å². The molecule has 2 aliphatic rings. The van der Waals surface area contributed by atoms with Crippen molar-refractivity contribution in [2.24, 2.45) is 17.8 Å². The minimum atomic E-state index is -1.09. The minimum Gasteiger partial charge on any atom is -0.481 e. The zero-order chi connectivity index (χ0) is 17.2. The Bertz CT molecular complexity index is 519. The number of ether oxygens (including phenoxy) is 2. The van der Waals surface area contributed by atoms with Crippen LogP contribution in [0.2, 0.25) is 0 Å². The Hall–Kier alpha value is -1.89. The van der Waals surface area contributed by atoms with E-state index in [1.54, 1.807) is 13.0 Å². The quantitative estimate of drug-likeness (QED) is 0.529. The Morgan fingerprint density at radius 1 is 1.35 bits per heavy atom. The fourth-order valence-corrected chi connectivity index (χ4v) is 3.32. The van der Waals surface area contributed by atoms with Crippen molar-refractivity contribution in [3.05, 3.63) is 12.7 Å². The van der Waals surface area contributed by atoms with E-state index in [0.717, 1.165) is 0 Å². The first-order valence-electron chi connectivity index (χ1n) is 7.77. The van der Waals surface area contributed by atoms with Gasteiger partial charge in [-0.1, -0.05) is 6.08 Å². The number of carbonyl (C=O) groups excluding carboxylic acids is 2. The van der Waals surface area contributed by atoms with Gasteiger partial charge in [0.15, 0.2) is 0 Å². The van der Waals surface area contributed by atoms with Crippen molar-refractivity contribution in [1.82, 2.24) is 5.32 Å². The van der Waals surface area contributed by atoms with E-state index in [4.69, 9.17) is 9.47 Å². The van der Waals surface area contributed by atoms with Crippen molar-refractivity contribution in [2.45, 2.75) is 37.8 Å². The van der Waals surface area contributed by atoms with E-state index >= 15 is 0 Å². The minimum absolute atomic E-state index is 0.187. The third kappa shape index (κ3) is 3.24. The average Bonchev–Trinajstić information content (AvgIpc) is 3.05. The molecule has 0 aromatic carbocycles. The van der Waals surface area contributed by atoms with E-state index in [1.165, 1.54) is 7.11 Å². The number of methoxy groups -OCH3 is 1. The molecule has 23 heavy (non-hydrogen) atoms. The van der Waals surface area contributed by atoms with Gasteiger partial charge in [-0.25, -0.2) is 4.79 Å². The van der Waals surface area contributed by atoms with E-state index in [-0.39, 0.29) is 18.6 Å². The third-order valence-corrected chi connectivity index (χ3v) is 4.79. The molecule has 2 N–H and O–H groups in total. The summed E-state index contributed by atoms with van der Waals surface area (Å²) in [7, 11) is 1.50. The van der Waals surface area contributed by atoms with Gasteiger partial charge in [0.25, 0.3) is 0 Å². The highest BCUT2D eigenvalue weighted by molar-refractivity contribution is 5.94. The van der Waals surface area contributed by atoms with Crippen molar-refractivity contribution in [2.75, 3.05) is 13.7 Å². The summed E-state index contributed by atoms with van der Waals surface area (Å²) < 4.78 is 10.2. The number of carbonyl (C=O) groups is 3. The molecule has 1 amide bonds. The molecular formula is C16H23NO6. The van der Waals surface area contributed by atoms with E-state index in [0.29, 0.717) is 19.3 Å². The molecule has 2 fully saturated rings. The Labute approximate surface area is 135 Å². The van der Waals surface area contributed by atoms with Crippen LogP contribution in [0.25, 0.3) is 0 Å². The van der Waals surface area contributed by atoms with Gasteiger partial charge in [-0.05, 0) is 26.2 Å². The van der Waals surface area contributed by atoms with Crippen LogP contribution in [0.15, 0.2) is 12.7 Å². The smallest absolute Gasteiger partial charge is 0.332 e. The maximum Gasteiger partial charge on any atom is 0.332 e. The predicted molar refractivity (Wildman–Crippen MR) is 80.5 cm³/mol. The number of esters is 1. The highest BCUT2D eigenvalue weighted by Gasteiger charge is 2.62. The van der Waals surface area contributed by atoms with Crippen molar-refractivity contribution >= 4 is 17.8 Å². The number of rotatable bonds is 7. The number of hydrogen-bond donors (Lipinski definition) is 2. The lowest BCUT2D eigenvalue weighted by molar-refractivity contribution is -0.150. The normalized spacial score (nSPS) is 35.4. The molecule has 0 bridgehead atoms. The standard InChI is InChI=1S/C16H23NO6/c1-4-9-8-16(9,15(21)23-5-2)17-13(18)11-6-10(22-3)7-12(11)14(19)20/h4,9-12H,1,5-8H2,2-3H3,(H,17,18)(H,19,20)/t9-,10-,11-,12-,16-/m1/s1. The number of nitrogens with one attached hydrogen (secondary N) is 1. The second-order valence-electron chi connectivity index (χ2n) is 6.11. The van der Waals surface area contributed by atoms with Crippen LogP contribution >= 0.6 is 0 Å². The Morgan fingerprint density at radius 2 is 2.00 bits per heavy atom. The van der Waals surface area contributed by atoms with Crippen LogP contribution < -0.4 is 5.32 Å². The van der Waals surface area contributed by atoms with Crippen LogP contribution in [0.5, 0.6) is 0 Å². The Balaban J connectivity index is 2.11. The molecule has 128 valence electrons. The highest BCUT2D eigenvalue weighted by atomic mass is 16.5. The topological polar surface area (TPSA) is 102 Å². The summed E-state index contributed by atoms with van der Waals surface area (Å²) in [5.74, 6) is -3.66. The van der Waals surface area contributed by atoms with E-state index in [1.807, 2.05) is 0 Å². The second-order valence-corrected chi connectivity index (χ2v) is 6.11. The molecule has 5 atom stereocenters. The van der Waals surface area contributed by atoms with E-state index < -0.39 is 35.2 Å². The molecule has 7 nitrogen and oxygen atoms in total. The summed E-state index contributed by atoms with van der Waals surface area (Å²) in [5, 5.41) is 12.0. The van der Waals surface area contributed by atoms with Crippen molar-refractivity contribution in [3.63, 3.8) is 0 Å². The average molecular weight is 325 g/mol. The number of amides is 1. The van der Waals surface area contributed by atoms with Crippen LogP contribution in [0.3, 0.4) is 0 Å². The molecule has 0 radical (unpaired) electrons. The number of carboxylic acid groups (broad SMARTS) is 1. The van der Waals surface area contributed by atoms with Gasteiger partial charge in [0.2, 0.25) is 5.91 Å². The summed E-state index contributed by atoms with van der Waals surface area (Å²) in [6.45, 7) is 5.57. The molecule has 0 spiro atoms. The fourth-order valence-electron chi connectivity index (χ4n) is 3.32. The highest BCUT2D eigenvalue weighted by Crippen LogP contribution is 2.46. The first kappa shape index (κ1) is 17.5. The molecule has 2 rings (SSSR count). The number of carboxylic acids is 1. The van der Waals surface area contributed by atoms with Crippen molar-refractivity contribution in [3.8, 4) is 0 Å². The lowest BCUT2D eigenvalue weighted by atomic mass is 9.94. The van der Waals surface area contributed by atoms with Gasteiger partial charge in [-0.15, -0.1) is 6.58 Å². The van der Waals surface area contributed by atoms with Gasteiger partial charge in [-0.2, -0.15) is 0 Å². The molecule has 2 aliphatic carbocycles. The molecular weight excluding hydrogens is 302 g/mol. The van der Waals surface area contributed by atoms with Gasteiger partial charge < -0.3 is 19.9 Å². The lowest BCUT2D eigenvalue weighted by Crippen LogP contribution is -2.49. The number of hydrogen-bond acceptors (Lipinski definition) is 5. The van der Waals surface area contributed by atoms with Crippen LogP contribution in [-0.4, -0.2) is 48.3 Å². The zero-order valence-electron chi connectivity index (χ0n) is 13.4. The van der Waals surface area contributed by atoms with Gasteiger partial charge in [0.05, 0.1) is 24.5 Å². The van der Waals surface area contributed by atoms with E-state index in [9.17, 15) is 19.5 Å². The Kier molecular flexibility index (Phi) is 5.09. The zero-order valence-corrected chi connectivity index (χ0v) is 13.4. The van der Waals surface area contributed by atoms with Gasteiger partial charge in [0, 0.05) is 13.0 Å². The third-order valence-electron chi connectivity index (χ3n) is 4.79. The molecule has 0 aliphatic heterocycles. The second kappa shape index (κ2) is 6.70. The summed E-state index contributed by atoms with van der Waals surface area (Å²) in [6, 6.07) is 0. The van der Waals surface area contributed by atoms with E-state index in [2.05, 4.69) is 11.9 Å². The largest absolute Gasteiger partial charge is 0.481 e. The Morgan fingerprint density at radius 3 is 2.48 bits per heavy atom. The summed E-state index contributed by atoms with van der Waals surface area (Å²) in [6.07, 6.45) is 2.40. The maximum atomic E-state index is 12.6. The van der Waals surface area contributed by atoms with Gasteiger partial charge in [-0.3, -0.25) is 9.59 Å². The van der Waals surface area contributed by atoms with Crippen LogP contribution in [0.4, 0.5) is 0 Å². The molecule has 0 aromatic rings. The molecule has 0 aromatic heterocycles. The first-order valence-corrected chi connectivity index (χ1v) is 7.77. The van der Waals surface area contributed by atoms with Gasteiger partial charge >= 0.3 is 11.9 Å². The van der Waals surface area contributed by atoms with Crippen molar-refractivity contribution in [1.29, 1.82) is 0 Å². The maximum absolute atomic E-state index is 12.6. The number of aliphatic carboxylic acids is 1. The van der Waals surface area contributed by atoms with Gasteiger partial charge in [0.1, 0.15) is 5.54 Å². The lowest BCUT2D eigenvalue weighted by Gasteiger charge is -2.21. The fraction of sp³-hybridized carbons (Fsp3) is 0.688. The molecule has 0 heterocycles. The molecule has 0 unspecified atom stereocenters. The molecule has 7 heteroatoms. The SMILES string of the molecule is C=C[C@@H]1C[C@]1(NC(=O)[C@@H]1C[C@@H](OC)C[C@H]1C(=O)O)C(=O)OCC. The first-order chi connectivity index (χ1) is 10.9. The predicted octanol–water partition coefficient (Wildman–Crippen LogP) is 0.736. The summed E-state index contributed by atoms with van der Waals surface area (Å²) in [4.78, 5) is 36.1.